The van der Waals surface area contributed by atoms with Gasteiger partial charge in [-0.25, -0.2) is 0 Å². The van der Waals surface area contributed by atoms with Crippen LogP contribution in [0.4, 0.5) is 11.4 Å². The SMILES string of the molecule is CN1c2ccccc2C(c2ccccc2)(c2ccccc2)c2cc[c-]c(-c3ccccn3)c21.Cn1c2ccccc2c2cc[c-]c(-c3ccccn3)c21.[Ir]. The summed E-state index contributed by atoms with van der Waals surface area (Å²) in [5, 5.41) is 2.53. The Balaban J connectivity index is 0.000000168. The van der Waals surface area contributed by atoms with Crippen molar-refractivity contribution < 1.29 is 20.1 Å². The maximum absolute atomic E-state index is 4.68. The van der Waals surface area contributed by atoms with E-state index in [-0.39, 0.29) is 20.1 Å². The van der Waals surface area contributed by atoms with Crippen LogP contribution in [-0.2, 0) is 32.6 Å². The molecule has 0 fully saturated rings. The minimum atomic E-state index is -0.459. The molecule has 6 aromatic carbocycles. The zero-order valence-corrected chi connectivity index (χ0v) is 32.3. The van der Waals surface area contributed by atoms with Crippen LogP contribution < -0.4 is 4.90 Å². The van der Waals surface area contributed by atoms with Crippen molar-refractivity contribution in [1.29, 1.82) is 0 Å². The molecule has 1 aliphatic rings. The number of pyridine rings is 2. The second-order valence-corrected chi connectivity index (χ2v) is 13.3. The van der Waals surface area contributed by atoms with Crippen LogP contribution in [0.2, 0.25) is 0 Å². The fraction of sp³-hybridized carbons (Fsp3) is 0.0612. The Morgan fingerprint density at radius 2 is 1.06 bits per heavy atom. The Bertz CT molecular complexity index is 2650. The summed E-state index contributed by atoms with van der Waals surface area (Å²) < 4.78 is 2.23. The number of hydrogen-bond donors (Lipinski definition) is 0. The molecule has 4 nitrogen and oxygen atoms in total. The standard InChI is InChI=1S/C31H23N2.C18H13N2.Ir/c1-33-29-21-9-8-18-26(29)31(23-13-4-2-5-14-23,24-15-6-3-7-16-24)27-19-12-17-25(30(27)33)28-20-10-11-22-32-28;1-20-17-11-3-2-7-13(17)14-8-6-9-15(18(14)20)16-10-4-5-12-19-16;/h2-16,18-22H,1H3;2-8,10-12H,1H3;/q2*-1;. The Morgan fingerprint density at radius 1 is 0.500 bits per heavy atom. The van der Waals surface area contributed by atoms with E-state index in [1.165, 1.54) is 49.7 Å². The monoisotopic (exact) mass is 873 g/mol. The normalized spacial score (nSPS) is 12.6. The van der Waals surface area contributed by atoms with Crippen molar-refractivity contribution in [3.63, 3.8) is 0 Å². The van der Waals surface area contributed by atoms with E-state index in [4.69, 9.17) is 0 Å². The van der Waals surface area contributed by atoms with Crippen molar-refractivity contribution in [3.05, 3.63) is 217 Å². The van der Waals surface area contributed by atoms with Gasteiger partial charge < -0.3 is 19.4 Å². The summed E-state index contributed by atoms with van der Waals surface area (Å²) in [6, 6.07) is 66.2. The number of fused-ring (bicyclic) bond motifs is 5. The van der Waals surface area contributed by atoms with E-state index in [0.717, 1.165) is 28.2 Å². The molecule has 54 heavy (non-hydrogen) atoms. The van der Waals surface area contributed by atoms with Gasteiger partial charge in [0.05, 0.1) is 5.41 Å². The quantitative estimate of drug-likeness (QED) is 0.165. The Labute approximate surface area is 329 Å². The molecule has 1 radical (unpaired) electrons. The van der Waals surface area contributed by atoms with Crippen LogP contribution >= 0.6 is 0 Å². The van der Waals surface area contributed by atoms with Crippen molar-refractivity contribution in [2.45, 2.75) is 5.41 Å². The van der Waals surface area contributed by atoms with Gasteiger partial charge in [-0.2, -0.15) is 0 Å². The molecule has 5 heteroatoms. The van der Waals surface area contributed by atoms with Crippen LogP contribution in [0.5, 0.6) is 0 Å². The van der Waals surface area contributed by atoms with Gasteiger partial charge in [-0.05, 0) is 68.9 Å². The summed E-state index contributed by atoms with van der Waals surface area (Å²) in [6.07, 6.45) is 3.67. The van der Waals surface area contributed by atoms with Crippen molar-refractivity contribution in [2.75, 3.05) is 11.9 Å². The molecule has 9 aromatic rings. The number of para-hydroxylation sites is 2. The van der Waals surface area contributed by atoms with Crippen LogP contribution in [0.1, 0.15) is 22.3 Å². The molecule has 0 saturated heterocycles. The molecule has 0 N–H and O–H groups in total. The molecule has 0 unspecified atom stereocenters. The van der Waals surface area contributed by atoms with Crippen molar-refractivity contribution >= 4 is 33.2 Å². The minimum absolute atomic E-state index is 0. The van der Waals surface area contributed by atoms with Gasteiger partial charge >= 0.3 is 0 Å². The van der Waals surface area contributed by atoms with E-state index in [1.54, 1.807) is 0 Å². The van der Waals surface area contributed by atoms with Crippen LogP contribution in [0.3, 0.4) is 0 Å². The average molecular weight is 873 g/mol. The summed E-state index contributed by atoms with van der Waals surface area (Å²) in [6.45, 7) is 0. The number of aromatic nitrogens is 3. The number of rotatable bonds is 4. The first kappa shape index (κ1) is 34.9. The number of nitrogens with zero attached hydrogens (tertiary/aromatic N) is 4. The fourth-order valence-electron chi connectivity index (χ4n) is 8.24. The van der Waals surface area contributed by atoms with E-state index < -0.39 is 5.41 Å². The van der Waals surface area contributed by atoms with Crippen molar-refractivity contribution in [2.24, 2.45) is 7.05 Å². The van der Waals surface area contributed by atoms with Gasteiger partial charge in [0.25, 0.3) is 0 Å². The number of benzene rings is 6. The third-order valence-electron chi connectivity index (χ3n) is 10.5. The third kappa shape index (κ3) is 5.65. The van der Waals surface area contributed by atoms with Gasteiger partial charge in [-0.1, -0.05) is 132 Å². The molecule has 0 saturated carbocycles. The first-order valence-corrected chi connectivity index (χ1v) is 17.9. The smallest absolute Gasteiger partial charge is 0.0573 e. The van der Waals surface area contributed by atoms with Gasteiger partial charge in [0, 0.05) is 57.8 Å². The van der Waals surface area contributed by atoms with Gasteiger partial charge in [0.2, 0.25) is 0 Å². The second-order valence-electron chi connectivity index (χ2n) is 13.3. The number of anilines is 2. The maximum Gasteiger partial charge on any atom is 0.0573 e. The molecular formula is C49H36IrN4-2. The zero-order valence-electron chi connectivity index (χ0n) is 29.9. The predicted octanol–water partition coefficient (Wildman–Crippen LogP) is 11.2. The van der Waals surface area contributed by atoms with Crippen LogP contribution in [0.25, 0.3) is 44.3 Å². The average Bonchev–Trinajstić information content (AvgIpc) is 3.54. The third-order valence-corrected chi connectivity index (χ3v) is 10.5. The molecule has 0 atom stereocenters. The Kier molecular flexibility index (Phi) is 9.52. The zero-order chi connectivity index (χ0) is 35.8. The number of aryl methyl sites for hydroxylation is 1. The minimum Gasteiger partial charge on any atom is -0.384 e. The first-order chi connectivity index (χ1) is 26.2. The molecule has 10 rings (SSSR count). The van der Waals surface area contributed by atoms with Crippen LogP contribution in [-0.4, -0.2) is 21.6 Å². The van der Waals surface area contributed by atoms with Gasteiger partial charge in [-0.3, -0.25) is 0 Å². The van der Waals surface area contributed by atoms with Crippen molar-refractivity contribution in [3.8, 4) is 22.5 Å². The molecule has 0 amide bonds. The molecule has 0 bridgehead atoms. The van der Waals surface area contributed by atoms with E-state index in [0.29, 0.717) is 0 Å². The molecule has 3 aromatic heterocycles. The predicted molar refractivity (Wildman–Crippen MR) is 217 cm³/mol. The Hall–Kier alpha value is -6.13. The molecular weight excluding hydrogens is 837 g/mol. The van der Waals surface area contributed by atoms with Crippen molar-refractivity contribution in [1.82, 2.24) is 14.5 Å². The molecule has 1 aliphatic heterocycles. The van der Waals surface area contributed by atoms with Crippen LogP contribution in [0.15, 0.2) is 182 Å². The molecule has 0 spiro atoms. The molecule has 0 aliphatic carbocycles. The topological polar surface area (TPSA) is 34.0 Å². The second kappa shape index (κ2) is 14.7. The van der Waals surface area contributed by atoms with Crippen LogP contribution in [0, 0.1) is 12.1 Å². The summed E-state index contributed by atoms with van der Waals surface area (Å²) in [4.78, 5) is 11.4. The largest absolute Gasteiger partial charge is 0.384 e. The van der Waals surface area contributed by atoms with E-state index >= 15 is 0 Å². The molecule has 4 heterocycles. The molecule has 263 valence electrons. The fourth-order valence-corrected chi connectivity index (χ4v) is 8.24. The van der Waals surface area contributed by atoms with Gasteiger partial charge in [-0.15, -0.1) is 47.5 Å². The summed E-state index contributed by atoms with van der Waals surface area (Å²) >= 11 is 0. The Morgan fingerprint density at radius 3 is 1.72 bits per heavy atom. The number of hydrogen-bond acceptors (Lipinski definition) is 3. The summed E-state index contributed by atoms with van der Waals surface area (Å²) in [7, 11) is 4.25. The van der Waals surface area contributed by atoms with E-state index in [9.17, 15) is 0 Å². The van der Waals surface area contributed by atoms with E-state index in [2.05, 4.69) is 173 Å². The summed E-state index contributed by atoms with van der Waals surface area (Å²) in [5.41, 5.74) is 13.3. The maximum atomic E-state index is 4.68. The van der Waals surface area contributed by atoms with Gasteiger partial charge in [0.15, 0.2) is 0 Å². The first-order valence-electron chi connectivity index (χ1n) is 17.9. The van der Waals surface area contributed by atoms with E-state index in [1.807, 2.05) is 54.9 Å². The summed E-state index contributed by atoms with van der Waals surface area (Å²) in [5.74, 6) is 0. The van der Waals surface area contributed by atoms with Gasteiger partial charge in [0.1, 0.15) is 0 Å².